The molecule has 21 heavy (non-hydrogen) atoms. The molecule has 7 heteroatoms. The van der Waals surface area contributed by atoms with Crippen LogP contribution in [0.3, 0.4) is 0 Å². The number of hydrogen-bond acceptors (Lipinski definition) is 3. The van der Waals surface area contributed by atoms with E-state index in [2.05, 4.69) is 4.98 Å². The Labute approximate surface area is 117 Å². The van der Waals surface area contributed by atoms with Crippen molar-refractivity contribution in [2.24, 2.45) is 0 Å². The van der Waals surface area contributed by atoms with Gasteiger partial charge in [0.2, 0.25) is 0 Å². The van der Waals surface area contributed by atoms with Crippen LogP contribution in [0.2, 0.25) is 0 Å². The normalized spacial score (nSPS) is 11.3. The Morgan fingerprint density at radius 1 is 1.19 bits per heavy atom. The highest BCUT2D eigenvalue weighted by atomic mass is 19.4. The van der Waals surface area contributed by atoms with Crippen molar-refractivity contribution >= 4 is 5.78 Å². The smallest absolute Gasteiger partial charge is 0.417 e. The maximum atomic E-state index is 13.2. The number of alkyl halides is 3. The van der Waals surface area contributed by atoms with E-state index in [4.69, 9.17) is 4.74 Å². The molecular weight excluding hydrogens is 290 g/mol. The Hall–Kier alpha value is -2.44. The third-order valence-electron chi connectivity index (χ3n) is 2.74. The number of benzene rings is 1. The average molecular weight is 299 g/mol. The van der Waals surface area contributed by atoms with E-state index in [-0.39, 0.29) is 11.3 Å². The Balaban J connectivity index is 2.54. The zero-order valence-electron chi connectivity index (χ0n) is 10.7. The number of methoxy groups -OCH3 is 1. The van der Waals surface area contributed by atoms with Gasteiger partial charge in [0, 0.05) is 17.3 Å². The number of ketones is 1. The summed E-state index contributed by atoms with van der Waals surface area (Å²) in [5.41, 5.74) is -2.08. The number of carbonyl (C=O) groups is 1. The van der Waals surface area contributed by atoms with Crippen molar-refractivity contribution in [1.29, 1.82) is 0 Å². The van der Waals surface area contributed by atoms with Crippen LogP contribution in [0.4, 0.5) is 17.6 Å². The Morgan fingerprint density at radius 2 is 1.90 bits per heavy atom. The van der Waals surface area contributed by atoms with E-state index < -0.39 is 28.9 Å². The van der Waals surface area contributed by atoms with Crippen LogP contribution < -0.4 is 4.74 Å². The van der Waals surface area contributed by atoms with Crippen molar-refractivity contribution < 1.29 is 27.1 Å². The minimum Gasteiger partial charge on any atom is -0.495 e. The number of hydrogen-bond donors (Lipinski definition) is 0. The van der Waals surface area contributed by atoms with Crippen molar-refractivity contribution in [3.63, 3.8) is 0 Å². The second-order valence-corrected chi connectivity index (χ2v) is 4.13. The van der Waals surface area contributed by atoms with Gasteiger partial charge < -0.3 is 4.74 Å². The predicted molar refractivity (Wildman–Crippen MR) is 65.6 cm³/mol. The highest BCUT2D eigenvalue weighted by Crippen LogP contribution is 2.33. The van der Waals surface area contributed by atoms with Gasteiger partial charge in [0.1, 0.15) is 11.6 Å². The first-order chi connectivity index (χ1) is 9.82. The fourth-order valence-electron chi connectivity index (χ4n) is 1.76. The number of pyridine rings is 1. The summed E-state index contributed by atoms with van der Waals surface area (Å²) in [5, 5.41) is 0. The summed E-state index contributed by atoms with van der Waals surface area (Å²) in [7, 11) is 1.33. The molecule has 2 aromatic rings. The summed E-state index contributed by atoms with van der Waals surface area (Å²) in [6.07, 6.45) is -2.37. The van der Waals surface area contributed by atoms with Gasteiger partial charge >= 0.3 is 6.18 Å². The lowest BCUT2D eigenvalue weighted by molar-refractivity contribution is -0.137. The zero-order valence-corrected chi connectivity index (χ0v) is 10.7. The molecule has 0 fully saturated rings. The molecule has 0 saturated carbocycles. The van der Waals surface area contributed by atoms with Crippen molar-refractivity contribution in [1.82, 2.24) is 4.98 Å². The lowest BCUT2D eigenvalue weighted by Crippen LogP contribution is -2.14. The molecule has 0 atom stereocenters. The summed E-state index contributed by atoms with van der Waals surface area (Å²) in [6.45, 7) is 0. The second-order valence-electron chi connectivity index (χ2n) is 4.13. The lowest BCUT2D eigenvalue weighted by atomic mass is 9.98. The van der Waals surface area contributed by atoms with Crippen molar-refractivity contribution in [3.05, 3.63) is 59.2 Å². The van der Waals surface area contributed by atoms with Gasteiger partial charge in [-0.1, -0.05) is 0 Å². The molecule has 0 aliphatic carbocycles. The molecule has 3 nitrogen and oxygen atoms in total. The summed E-state index contributed by atoms with van der Waals surface area (Å²) >= 11 is 0. The van der Waals surface area contributed by atoms with Crippen LogP contribution in [0, 0.1) is 5.82 Å². The van der Waals surface area contributed by atoms with E-state index in [1.165, 1.54) is 19.4 Å². The molecule has 0 saturated heterocycles. The first-order valence-corrected chi connectivity index (χ1v) is 5.73. The molecule has 0 amide bonds. The topological polar surface area (TPSA) is 39.2 Å². The zero-order chi connectivity index (χ0) is 15.6. The van der Waals surface area contributed by atoms with E-state index in [9.17, 15) is 22.4 Å². The number of aromatic nitrogens is 1. The average Bonchev–Trinajstić information content (AvgIpc) is 2.45. The lowest BCUT2D eigenvalue weighted by Gasteiger charge is -2.12. The third kappa shape index (κ3) is 3.18. The van der Waals surface area contributed by atoms with Crippen molar-refractivity contribution in [2.75, 3.05) is 7.11 Å². The highest BCUT2D eigenvalue weighted by Gasteiger charge is 2.35. The monoisotopic (exact) mass is 299 g/mol. The molecule has 1 aromatic heterocycles. The second kappa shape index (κ2) is 5.51. The minimum atomic E-state index is -4.76. The van der Waals surface area contributed by atoms with Crippen LogP contribution in [0.1, 0.15) is 21.5 Å². The predicted octanol–water partition coefficient (Wildman–Crippen LogP) is 3.48. The number of ether oxygens (including phenoxy) is 1. The molecule has 0 N–H and O–H groups in total. The molecule has 2 rings (SSSR count). The minimum absolute atomic E-state index is 0.120. The van der Waals surface area contributed by atoms with Crippen LogP contribution in [0.5, 0.6) is 5.75 Å². The molecule has 0 unspecified atom stereocenters. The van der Waals surface area contributed by atoms with Crippen molar-refractivity contribution in [2.45, 2.75) is 6.18 Å². The molecule has 0 radical (unpaired) electrons. The Kier molecular flexibility index (Phi) is 3.93. The van der Waals surface area contributed by atoms with Crippen LogP contribution in [0.15, 0.2) is 36.7 Å². The maximum absolute atomic E-state index is 13.2. The summed E-state index contributed by atoms with van der Waals surface area (Å²) in [4.78, 5) is 15.9. The van der Waals surface area contributed by atoms with E-state index in [0.29, 0.717) is 18.2 Å². The fraction of sp³-hybridized carbons (Fsp3) is 0.143. The van der Waals surface area contributed by atoms with Crippen LogP contribution >= 0.6 is 0 Å². The van der Waals surface area contributed by atoms with Gasteiger partial charge in [-0.15, -0.1) is 0 Å². The van der Waals surface area contributed by atoms with Gasteiger partial charge in [-0.3, -0.25) is 9.78 Å². The molecule has 0 bridgehead atoms. The highest BCUT2D eigenvalue weighted by molar-refractivity contribution is 6.10. The largest absolute Gasteiger partial charge is 0.495 e. The summed E-state index contributed by atoms with van der Waals surface area (Å²) < 4.78 is 56.7. The van der Waals surface area contributed by atoms with E-state index in [1.807, 2.05) is 0 Å². The van der Waals surface area contributed by atoms with E-state index >= 15 is 0 Å². The molecule has 110 valence electrons. The number of rotatable bonds is 3. The standard InChI is InChI=1S/C14H9F4NO2/c1-21-10-4-8(6-19-7-10)13(20)11-5-9(15)2-3-12(11)14(16,17)18/h2-7H,1H3. The first-order valence-electron chi connectivity index (χ1n) is 5.73. The molecule has 1 aromatic carbocycles. The maximum Gasteiger partial charge on any atom is 0.417 e. The number of nitrogens with zero attached hydrogens (tertiary/aromatic N) is 1. The molecule has 1 heterocycles. The third-order valence-corrected chi connectivity index (χ3v) is 2.74. The van der Waals surface area contributed by atoms with Gasteiger partial charge in [0.25, 0.3) is 0 Å². The van der Waals surface area contributed by atoms with Crippen LogP contribution in [0.25, 0.3) is 0 Å². The SMILES string of the molecule is COc1cncc(C(=O)c2cc(F)ccc2C(F)(F)F)c1. The molecule has 0 aliphatic heterocycles. The van der Waals surface area contributed by atoms with Gasteiger partial charge in [-0.05, 0) is 24.3 Å². The first kappa shape index (κ1) is 15.0. The van der Waals surface area contributed by atoms with Crippen molar-refractivity contribution in [3.8, 4) is 5.75 Å². The number of carbonyl (C=O) groups excluding carboxylic acids is 1. The molecular formula is C14H9F4NO2. The summed E-state index contributed by atoms with van der Waals surface area (Å²) in [6, 6.07) is 2.99. The van der Waals surface area contributed by atoms with Crippen LogP contribution in [-0.2, 0) is 6.18 Å². The molecule has 0 spiro atoms. The van der Waals surface area contributed by atoms with Gasteiger partial charge in [-0.25, -0.2) is 4.39 Å². The van der Waals surface area contributed by atoms with Gasteiger partial charge in [0.05, 0.1) is 18.9 Å². The molecule has 0 aliphatic rings. The number of halogens is 4. The summed E-state index contributed by atoms with van der Waals surface area (Å²) in [5.74, 6) is -1.69. The Bertz CT molecular complexity index is 683. The van der Waals surface area contributed by atoms with Gasteiger partial charge in [0.15, 0.2) is 5.78 Å². The van der Waals surface area contributed by atoms with Gasteiger partial charge in [-0.2, -0.15) is 13.2 Å². The van der Waals surface area contributed by atoms with Crippen LogP contribution in [-0.4, -0.2) is 17.9 Å². The Morgan fingerprint density at radius 3 is 2.52 bits per heavy atom. The fourth-order valence-corrected chi connectivity index (χ4v) is 1.76. The van der Waals surface area contributed by atoms with E-state index in [1.54, 1.807) is 0 Å². The van der Waals surface area contributed by atoms with E-state index in [0.717, 1.165) is 6.20 Å². The quantitative estimate of drug-likeness (QED) is 0.643.